The number of para-hydroxylation sites is 3. The Balaban J connectivity index is 0.657. The smallest absolute Gasteiger partial charge is 0.0541 e. The molecule has 2 aromatic heterocycles. The summed E-state index contributed by atoms with van der Waals surface area (Å²) in [5.41, 5.74) is 28.7. The maximum absolute atomic E-state index is 2.45. The molecule has 0 bridgehead atoms. The summed E-state index contributed by atoms with van der Waals surface area (Å²) in [4.78, 5) is 0. The molecular formula is C84H56N2. The predicted molar refractivity (Wildman–Crippen MR) is 364 cm³/mol. The fourth-order valence-corrected chi connectivity index (χ4v) is 13.1. The minimum Gasteiger partial charge on any atom is -0.309 e. The Hall–Kier alpha value is -11.3. The molecule has 0 aliphatic carbocycles. The molecular weight excluding hydrogens is 1040 g/mol. The number of aromatic nitrogens is 2. The van der Waals surface area contributed by atoms with Gasteiger partial charge in [-0.2, -0.15) is 0 Å². The lowest BCUT2D eigenvalue weighted by Crippen LogP contribution is -1.97. The van der Waals surface area contributed by atoms with E-state index in [2.05, 4.69) is 349 Å². The third kappa shape index (κ3) is 9.09. The van der Waals surface area contributed by atoms with E-state index in [0.29, 0.717) is 0 Å². The normalized spacial score (nSPS) is 11.5. The van der Waals surface area contributed by atoms with Gasteiger partial charge in [0.1, 0.15) is 0 Å². The van der Waals surface area contributed by atoms with E-state index in [1.807, 2.05) is 0 Å². The third-order valence-corrected chi connectivity index (χ3v) is 17.4. The van der Waals surface area contributed by atoms with Gasteiger partial charge in [0, 0.05) is 32.8 Å². The van der Waals surface area contributed by atoms with Crippen molar-refractivity contribution in [3.8, 4) is 112 Å². The summed E-state index contributed by atoms with van der Waals surface area (Å²) in [6.07, 6.45) is 0. The highest BCUT2D eigenvalue weighted by atomic mass is 15.0. The Bertz CT molecular complexity index is 5160. The molecule has 0 atom stereocenters. The van der Waals surface area contributed by atoms with Crippen molar-refractivity contribution in [3.05, 3.63) is 340 Å². The highest BCUT2D eigenvalue weighted by Crippen LogP contribution is 2.42. The molecule has 2 heterocycles. The number of nitrogens with zero attached hydrogens (tertiary/aromatic N) is 2. The Morgan fingerprint density at radius 2 is 0.442 bits per heavy atom. The van der Waals surface area contributed by atoms with Gasteiger partial charge in [0.05, 0.1) is 27.8 Å². The second-order valence-electron chi connectivity index (χ2n) is 22.4. The van der Waals surface area contributed by atoms with Crippen molar-refractivity contribution in [3.63, 3.8) is 0 Å². The topological polar surface area (TPSA) is 9.86 Å². The molecule has 0 radical (unpaired) electrons. The van der Waals surface area contributed by atoms with Crippen molar-refractivity contribution >= 4 is 43.6 Å². The first-order chi connectivity index (χ1) is 42.6. The first-order valence-corrected chi connectivity index (χ1v) is 29.6. The van der Waals surface area contributed by atoms with Gasteiger partial charge in [-0.05, 0) is 161 Å². The summed E-state index contributed by atoms with van der Waals surface area (Å²) in [5.74, 6) is 0. The van der Waals surface area contributed by atoms with Gasteiger partial charge in [-0.1, -0.05) is 273 Å². The van der Waals surface area contributed by atoms with Gasteiger partial charge in [0.15, 0.2) is 0 Å². The van der Waals surface area contributed by atoms with Gasteiger partial charge in [0.2, 0.25) is 0 Å². The first-order valence-electron chi connectivity index (χ1n) is 29.6. The zero-order chi connectivity index (χ0) is 56.9. The Morgan fingerprint density at radius 3 is 0.953 bits per heavy atom. The largest absolute Gasteiger partial charge is 0.309 e. The molecule has 0 saturated heterocycles. The maximum Gasteiger partial charge on any atom is 0.0541 e. The lowest BCUT2D eigenvalue weighted by atomic mass is 9.92. The molecule has 0 N–H and O–H groups in total. The van der Waals surface area contributed by atoms with Crippen LogP contribution in [0.5, 0.6) is 0 Å². The zero-order valence-corrected chi connectivity index (χ0v) is 47.2. The summed E-state index contributed by atoms with van der Waals surface area (Å²) in [6, 6.07) is 124. The summed E-state index contributed by atoms with van der Waals surface area (Å²) >= 11 is 0. The molecule has 0 fully saturated rings. The van der Waals surface area contributed by atoms with Gasteiger partial charge in [-0.3, -0.25) is 0 Å². The SMILES string of the molecule is c1ccc(-c2ccc(-n3c4ccccc4c4cc(-c5ccc6c(c5)c5ccccc5n6-c5ccccc5-c5ccc(-c6ccc(-c7cccc(-c8cccc(-c9ccc(-c%10ccccc%10-c%10ccccc%10)cc9)c8)c7)cc6)cc5)ccc43)cc2)cc1. The average molecular weight is 1090 g/mol. The molecule has 86 heavy (non-hydrogen) atoms. The van der Waals surface area contributed by atoms with Crippen LogP contribution >= 0.6 is 0 Å². The highest BCUT2D eigenvalue weighted by Gasteiger charge is 2.19. The van der Waals surface area contributed by atoms with E-state index in [9.17, 15) is 0 Å². The lowest BCUT2D eigenvalue weighted by Gasteiger charge is -2.15. The molecule has 16 rings (SSSR count). The van der Waals surface area contributed by atoms with Crippen LogP contribution in [0.15, 0.2) is 340 Å². The average Bonchev–Trinajstić information content (AvgIpc) is 2.55. The molecule has 0 unspecified atom stereocenters. The first kappa shape index (κ1) is 50.4. The third-order valence-electron chi connectivity index (χ3n) is 17.4. The number of rotatable bonds is 11. The summed E-state index contributed by atoms with van der Waals surface area (Å²) in [7, 11) is 0. The van der Waals surface area contributed by atoms with Crippen LogP contribution in [0.3, 0.4) is 0 Å². The molecule has 2 heteroatoms. The lowest BCUT2D eigenvalue weighted by molar-refractivity contribution is 1.18. The Kier molecular flexibility index (Phi) is 12.6. The molecule has 14 aromatic carbocycles. The van der Waals surface area contributed by atoms with E-state index < -0.39 is 0 Å². The molecule has 0 saturated carbocycles. The summed E-state index contributed by atoms with van der Waals surface area (Å²) in [5, 5.41) is 4.95. The zero-order valence-electron chi connectivity index (χ0n) is 47.2. The maximum atomic E-state index is 2.45. The molecule has 0 aliphatic rings. The van der Waals surface area contributed by atoms with Crippen LogP contribution in [0.25, 0.3) is 155 Å². The monoisotopic (exact) mass is 1090 g/mol. The van der Waals surface area contributed by atoms with E-state index in [-0.39, 0.29) is 0 Å². The molecule has 2 nitrogen and oxygen atoms in total. The van der Waals surface area contributed by atoms with Crippen molar-refractivity contribution in [1.29, 1.82) is 0 Å². The summed E-state index contributed by atoms with van der Waals surface area (Å²) < 4.78 is 4.85. The van der Waals surface area contributed by atoms with Crippen LogP contribution in [0, 0.1) is 0 Å². The van der Waals surface area contributed by atoms with Gasteiger partial charge in [0.25, 0.3) is 0 Å². The number of hydrogen-bond acceptors (Lipinski definition) is 0. The fourth-order valence-electron chi connectivity index (χ4n) is 13.1. The minimum atomic E-state index is 1.15. The summed E-state index contributed by atoms with van der Waals surface area (Å²) in [6.45, 7) is 0. The second-order valence-corrected chi connectivity index (χ2v) is 22.4. The minimum absolute atomic E-state index is 1.15. The van der Waals surface area contributed by atoms with Crippen LogP contribution in [-0.4, -0.2) is 9.13 Å². The van der Waals surface area contributed by atoms with Gasteiger partial charge >= 0.3 is 0 Å². The highest BCUT2D eigenvalue weighted by molar-refractivity contribution is 6.13. The molecule has 402 valence electrons. The van der Waals surface area contributed by atoms with Crippen molar-refractivity contribution in [2.75, 3.05) is 0 Å². The molecule has 16 aromatic rings. The molecule has 0 spiro atoms. The number of benzene rings is 14. The second kappa shape index (κ2) is 21.5. The number of hydrogen-bond donors (Lipinski definition) is 0. The molecule has 0 aliphatic heterocycles. The van der Waals surface area contributed by atoms with Crippen LogP contribution in [0.4, 0.5) is 0 Å². The van der Waals surface area contributed by atoms with Crippen molar-refractivity contribution in [1.82, 2.24) is 9.13 Å². The number of fused-ring (bicyclic) bond motifs is 6. The quantitative estimate of drug-likeness (QED) is 0.122. The Morgan fingerprint density at radius 1 is 0.151 bits per heavy atom. The van der Waals surface area contributed by atoms with E-state index >= 15 is 0 Å². The van der Waals surface area contributed by atoms with Gasteiger partial charge < -0.3 is 9.13 Å². The van der Waals surface area contributed by atoms with Crippen LogP contribution in [-0.2, 0) is 0 Å². The van der Waals surface area contributed by atoms with E-state index in [0.717, 1.165) is 11.4 Å². The van der Waals surface area contributed by atoms with E-state index in [4.69, 9.17) is 0 Å². The van der Waals surface area contributed by atoms with Crippen LogP contribution < -0.4 is 0 Å². The van der Waals surface area contributed by atoms with Crippen molar-refractivity contribution in [2.45, 2.75) is 0 Å². The van der Waals surface area contributed by atoms with Crippen LogP contribution in [0.2, 0.25) is 0 Å². The van der Waals surface area contributed by atoms with Gasteiger partial charge in [-0.15, -0.1) is 0 Å². The predicted octanol–water partition coefficient (Wildman–Crippen LogP) is 22.9. The van der Waals surface area contributed by atoms with E-state index in [1.54, 1.807) is 0 Å². The standard InChI is InChI=1S/C84H56N2/c1-3-17-57(18-4-1)60-45-49-72(50-46-60)85-81-31-13-10-28-76(81)78-55-70(47-51-83(78)85)71-48-52-84-79(56-71)77-29-11-14-32-82(77)86(84)80-30-12-9-27-75(80)65-43-37-59(38-44-65)58-33-35-61(36-34-58)66-21-15-23-68(53-66)69-24-16-22-67(54-69)62-39-41-64(42-40-62)74-26-8-7-25-73(74)63-19-5-2-6-20-63/h1-56H. The van der Waals surface area contributed by atoms with Crippen molar-refractivity contribution < 1.29 is 0 Å². The van der Waals surface area contributed by atoms with Crippen molar-refractivity contribution in [2.24, 2.45) is 0 Å². The fraction of sp³-hybridized carbons (Fsp3) is 0. The Labute approximate surface area is 501 Å². The molecule has 0 amide bonds. The van der Waals surface area contributed by atoms with Crippen LogP contribution in [0.1, 0.15) is 0 Å². The van der Waals surface area contributed by atoms with Gasteiger partial charge in [-0.25, -0.2) is 0 Å². The van der Waals surface area contributed by atoms with E-state index in [1.165, 1.54) is 144 Å².